The van der Waals surface area contributed by atoms with Crippen LogP contribution in [0.25, 0.3) is 0 Å². The summed E-state index contributed by atoms with van der Waals surface area (Å²) in [7, 11) is -3.58. The molecule has 1 saturated carbocycles. The molecule has 7 nitrogen and oxygen atoms in total. The summed E-state index contributed by atoms with van der Waals surface area (Å²) in [6.45, 7) is 1.73. The van der Waals surface area contributed by atoms with Crippen molar-refractivity contribution in [2.24, 2.45) is 0 Å². The van der Waals surface area contributed by atoms with E-state index in [-0.39, 0.29) is 16.8 Å². The lowest BCUT2D eigenvalue weighted by molar-refractivity contribution is 0.102. The summed E-state index contributed by atoms with van der Waals surface area (Å²) in [6, 6.07) is 7.46. The van der Waals surface area contributed by atoms with Gasteiger partial charge in [0.15, 0.2) is 5.82 Å². The first-order valence-corrected chi connectivity index (χ1v) is 10.3. The zero-order chi connectivity index (χ0) is 18.6. The molecule has 0 bridgehead atoms. The van der Waals surface area contributed by atoms with Gasteiger partial charge < -0.3 is 9.84 Å². The number of rotatable bonds is 5. The summed E-state index contributed by atoms with van der Waals surface area (Å²) in [5, 5.41) is 6.30. The number of carbonyl (C=O) groups excluding carboxylic acids is 1. The predicted molar refractivity (Wildman–Crippen MR) is 97.4 cm³/mol. The Labute approximate surface area is 153 Å². The molecule has 26 heavy (non-hydrogen) atoms. The van der Waals surface area contributed by atoms with E-state index < -0.39 is 10.0 Å². The lowest BCUT2D eigenvalue weighted by Crippen LogP contribution is -2.34. The van der Waals surface area contributed by atoms with Crippen LogP contribution in [0.15, 0.2) is 39.8 Å². The molecule has 0 atom stereocenters. The zero-order valence-corrected chi connectivity index (χ0v) is 15.5. The Morgan fingerprint density at radius 2 is 1.77 bits per heavy atom. The van der Waals surface area contributed by atoms with E-state index >= 15 is 0 Å². The first-order valence-electron chi connectivity index (χ1n) is 8.81. The topological polar surface area (TPSA) is 101 Å². The SMILES string of the molecule is Cc1cc(NC(=O)c2ccc(S(=O)(=O)NC3CCCCCC3)cc2)no1. The minimum absolute atomic E-state index is 0.0131. The van der Waals surface area contributed by atoms with Crippen LogP contribution in [0.2, 0.25) is 0 Å². The number of anilines is 1. The minimum Gasteiger partial charge on any atom is -0.360 e. The average Bonchev–Trinajstić information content (AvgIpc) is 2.86. The van der Waals surface area contributed by atoms with Crippen molar-refractivity contribution < 1.29 is 17.7 Å². The second-order valence-corrected chi connectivity index (χ2v) is 8.33. The van der Waals surface area contributed by atoms with Crippen molar-refractivity contribution in [3.63, 3.8) is 0 Å². The first-order chi connectivity index (χ1) is 12.4. The van der Waals surface area contributed by atoms with Gasteiger partial charge in [0.25, 0.3) is 5.91 Å². The molecule has 2 N–H and O–H groups in total. The maximum Gasteiger partial charge on any atom is 0.256 e. The van der Waals surface area contributed by atoms with Gasteiger partial charge in [0, 0.05) is 17.7 Å². The van der Waals surface area contributed by atoms with Crippen molar-refractivity contribution in [2.75, 3.05) is 5.32 Å². The van der Waals surface area contributed by atoms with Crippen LogP contribution in [0.4, 0.5) is 5.82 Å². The fourth-order valence-corrected chi connectivity index (χ4v) is 4.39. The summed E-state index contributed by atoms with van der Waals surface area (Å²) in [6.07, 6.45) is 6.16. The number of amides is 1. The molecule has 0 spiro atoms. The molecule has 0 radical (unpaired) electrons. The summed E-state index contributed by atoms with van der Waals surface area (Å²) >= 11 is 0. The molecule has 1 amide bonds. The molecule has 1 aromatic heterocycles. The fourth-order valence-electron chi connectivity index (χ4n) is 3.08. The number of hydrogen-bond donors (Lipinski definition) is 2. The lowest BCUT2D eigenvalue weighted by Gasteiger charge is -2.16. The summed E-state index contributed by atoms with van der Waals surface area (Å²) in [5.74, 6) is 0.532. The van der Waals surface area contributed by atoms with E-state index in [0.29, 0.717) is 17.1 Å². The third kappa shape index (κ3) is 4.70. The number of aromatic nitrogens is 1. The molecule has 3 rings (SSSR count). The molecule has 1 heterocycles. The second-order valence-electron chi connectivity index (χ2n) is 6.61. The van der Waals surface area contributed by atoms with Crippen LogP contribution in [0.3, 0.4) is 0 Å². The molecule has 0 saturated heterocycles. The molecule has 1 aliphatic carbocycles. The largest absolute Gasteiger partial charge is 0.360 e. The Kier molecular flexibility index (Phi) is 5.73. The number of nitrogens with one attached hydrogen (secondary N) is 2. The van der Waals surface area contributed by atoms with Crippen LogP contribution in [0.5, 0.6) is 0 Å². The number of hydrogen-bond acceptors (Lipinski definition) is 5. The van der Waals surface area contributed by atoms with Crippen LogP contribution < -0.4 is 10.0 Å². The molecule has 1 aromatic carbocycles. The van der Waals surface area contributed by atoms with Crippen molar-refractivity contribution in [1.82, 2.24) is 9.88 Å². The molecule has 140 valence electrons. The molecular weight excluding hydrogens is 354 g/mol. The first kappa shape index (κ1) is 18.6. The number of aryl methyl sites for hydroxylation is 1. The zero-order valence-electron chi connectivity index (χ0n) is 14.7. The van der Waals surface area contributed by atoms with Gasteiger partial charge in [-0.3, -0.25) is 4.79 Å². The van der Waals surface area contributed by atoms with Crippen molar-refractivity contribution in [1.29, 1.82) is 0 Å². The van der Waals surface area contributed by atoms with Gasteiger partial charge in [0.2, 0.25) is 10.0 Å². The smallest absolute Gasteiger partial charge is 0.256 e. The highest BCUT2D eigenvalue weighted by atomic mass is 32.2. The van der Waals surface area contributed by atoms with Gasteiger partial charge in [-0.15, -0.1) is 0 Å². The van der Waals surface area contributed by atoms with Gasteiger partial charge >= 0.3 is 0 Å². The Balaban J connectivity index is 1.66. The highest BCUT2D eigenvalue weighted by molar-refractivity contribution is 7.89. The third-order valence-electron chi connectivity index (χ3n) is 4.47. The molecule has 8 heteroatoms. The van der Waals surface area contributed by atoms with E-state index in [1.54, 1.807) is 13.0 Å². The Bertz CT molecular complexity index is 851. The average molecular weight is 377 g/mol. The van der Waals surface area contributed by atoms with Gasteiger partial charge in [-0.1, -0.05) is 30.8 Å². The Morgan fingerprint density at radius 1 is 1.12 bits per heavy atom. The van der Waals surface area contributed by atoms with Crippen molar-refractivity contribution in [3.8, 4) is 0 Å². The van der Waals surface area contributed by atoms with Crippen LogP contribution in [-0.4, -0.2) is 25.5 Å². The van der Waals surface area contributed by atoms with E-state index in [4.69, 9.17) is 4.52 Å². The van der Waals surface area contributed by atoms with Crippen molar-refractivity contribution in [2.45, 2.75) is 56.4 Å². The van der Waals surface area contributed by atoms with Gasteiger partial charge in [-0.05, 0) is 44.0 Å². The van der Waals surface area contributed by atoms with Crippen LogP contribution in [-0.2, 0) is 10.0 Å². The molecule has 0 aliphatic heterocycles. The number of sulfonamides is 1. The number of benzene rings is 1. The monoisotopic (exact) mass is 377 g/mol. The Morgan fingerprint density at radius 3 is 2.35 bits per heavy atom. The van der Waals surface area contributed by atoms with Crippen LogP contribution in [0, 0.1) is 6.92 Å². The van der Waals surface area contributed by atoms with Crippen LogP contribution >= 0.6 is 0 Å². The molecule has 1 aliphatic rings. The van der Waals surface area contributed by atoms with Gasteiger partial charge in [0.1, 0.15) is 5.76 Å². The van der Waals surface area contributed by atoms with Crippen LogP contribution in [0.1, 0.15) is 54.6 Å². The predicted octanol–water partition coefficient (Wildman–Crippen LogP) is 3.24. The quantitative estimate of drug-likeness (QED) is 0.779. The van der Waals surface area contributed by atoms with Crippen molar-refractivity contribution in [3.05, 3.63) is 41.7 Å². The number of carbonyl (C=O) groups is 1. The van der Waals surface area contributed by atoms with Gasteiger partial charge in [-0.25, -0.2) is 13.1 Å². The van der Waals surface area contributed by atoms with E-state index in [1.807, 2.05) is 0 Å². The van der Waals surface area contributed by atoms with Gasteiger partial charge in [0.05, 0.1) is 4.90 Å². The van der Waals surface area contributed by atoms with E-state index in [1.165, 1.54) is 24.3 Å². The lowest BCUT2D eigenvalue weighted by atomic mass is 10.1. The normalized spacial score (nSPS) is 16.2. The van der Waals surface area contributed by atoms with Crippen molar-refractivity contribution >= 4 is 21.7 Å². The standard InChI is InChI=1S/C18H23N3O4S/c1-13-12-17(20-25-13)19-18(22)14-8-10-16(11-9-14)26(23,24)21-15-6-4-2-3-5-7-15/h8-12,15,21H,2-7H2,1H3,(H,19,20,22). The fraction of sp³-hybridized carbons (Fsp3) is 0.444. The highest BCUT2D eigenvalue weighted by Gasteiger charge is 2.21. The molecule has 0 unspecified atom stereocenters. The Hall–Kier alpha value is -2.19. The highest BCUT2D eigenvalue weighted by Crippen LogP contribution is 2.20. The van der Waals surface area contributed by atoms with E-state index in [0.717, 1.165) is 38.5 Å². The molecular formula is C18H23N3O4S. The maximum absolute atomic E-state index is 12.6. The number of nitrogens with zero attached hydrogens (tertiary/aromatic N) is 1. The molecule has 2 aromatic rings. The van der Waals surface area contributed by atoms with Gasteiger partial charge in [-0.2, -0.15) is 0 Å². The third-order valence-corrected chi connectivity index (χ3v) is 6.01. The van der Waals surface area contributed by atoms with E-state index in [9.17, 15) is 13.2 Å². The summed E-state index contributed by atoms with van der Waals surface area (Å²) in [4.78, 5) is 12.3. The maximum atomic E-state index is 12.6. The second kappa shape index (κ2) is 8.01. The minimum atomic E-state index is -3.58. The summed E-state index contributed by atoms with van der Waals surface area (Å²) in [5.41, 5.74) is 0.346. The molecule has 1 fully saturated rings. The summed E-state index contributed by atoms with van der Waals surface area (Å²) < 4.78 is 32.8. The van der Waals surface area contributed by atoms with E-state index in [2.05, 4.69) is 15.2 Å².